The Morgan fingerprint density at radius 1 is 0.974 bits per heavy atom. The summed E-state index contributed by atoms with van der Waals surface area (Å²) in [6, 6.07) is 22.8. The van der Waals surface area contributed by atoms with Gasteiger partial charge in [-0.2, -0.15) is 0 Å². The van der Waals surface area contributed by atoms with E-state index in [-0.39, 0.29) is 17.7 Å². The summed E-state index contributed by atoms with van der Waals surface area (Å²) in [5.41, 5.74) is 2.66. The Hall–Kier alpha value is -5.09. The number of aromatic amines is 2. The highest BCUT2D eigenvalue weighted by molar-refractivity contribution is 5.98. The molecule has 38 heavy (non-hydrogen) atoms. The number of aliphatic hydroxyl groups is 1. The third-order valence-corrected chi connectivity index (χ3v) is 5.89. The van der Waals surface area contributed by atoms with E-state index >= 15 is 0 Å². The SMILES string of the molecule is COc1ccc(OC(=O)Nc2cccc3nc(-c4c(NC[C@H](O)c5ccccc5)cc[nH]c4=O)[nH]c23)cc1. The summed E-state index contributed by atoms with van der Waals surface area (Å²) in [5, 5.41) is 16.4. The van der Waals surface area contributed by atoms with Crippen molar-refractivity contribution in [1.29, 1.82) is 0 Å². The topological polar surface area (TPSA) is 141 Å². The molecule has 0 aliphatic carbocycles. The first-order chi connectivity index (χ1) is 18.5. The molecular formula is C28H25N5O5. The number of aromatic nitrogens is 3. The Kier molecular flexibility index (Phi) is 7.05. The maximum atomic E-state index is 12.8. The largest absolute Gasteiger partial charge is 0.497 e. The molecule has 10 heteroatoms. The zero-order valence-corrected chi connectivity index (χ0v) is 20.4. The number of fused-ring (bicyclic) bond motifs is 1. The zero-order valence-electron chi connectivity index (χ0n) is 20.4. The van der Waals surface area contributed by atoms with Crippen LogP contribution in [0.25, 0.3) is 22.4 Å². The molecule has 3 aromatic carbocycles. The monoisotopic (exact) mass is 511 g/mol. The van der Waals surface area contributed by atoms with E-state index in [1.165, 1.54) is 6.20 Å². The molecule has 1 atom stereocenters. The number of benzene rings is 3. The lowest BCUT2D eigenvalue weighted by Gasteiger charge is -2.14. The number of imidazole rings is 1. The van der Waals surface area contributed by atoms with Crippen molar-refractivity contribution in [3.05, 3.63) is 101 Å². The molecule has 0 aliphatic rings. The van der Waals surface area contributed by atoms with Crippen LogP contribution in [0.15, 0.2) is 89.9 Å². The van der Waals surface area contributed by atoms with Gasteiger partial charge in [-0.25, -0.2) is 9.78 Å². The van der Waals surface area contributed by atoms with Crippen molar-refractivity contribution in [1.82, 2.24) is 15.0 Å². The van der Waals surface area contributed by atoms with Crippen LogP contribution in [-0.4, -0.2) is 39.8 Å². The molecule has 0 fully saturated rings. The van der Waals surface area contributed by atoms with Crippen LogP contribution < -0.4 is 25.7 Å². The number of para-hydroxylation sites is 1. The zero-order chi connectivity index (χ0) is 26.5. The molecule has 1 amide bonds. The molecule has 0 radical (unpaired) electrons. The lowest BCUT2D eigenvalue weighted by molar-refractivity contribution is 0.191. The minimum Gasteiger partial charge on any atom is -0.497 e. The highest BCUT2D eigenvalue weighted by atomic mass is 16.6. The van der Waals surface area contributed by atoms with Gasteiger partial charge in [0, 0.05) is 12.7 Å². The van der Waals surface area contributed by atoms with Crippen LogP contribution in [0.5, 0.6) is 11.5 Å². The number of aliphatic hydroxyl groups excluding tert-OH is 1. The van der Waals surface area contributed by atoms with Crippen LogP contribution >= 0.6 is 0 Å². The minimum absolute atomic E-state index is 0.185. The van der Waals surface area contributed by atoms with Crippen LogP contribution in [-0.2, 0) is 0 Å². The van der Waals surface area contributed by atoms with Gasteiger partial charge in [-0.05, 0) is 48.0 Å². The van der Waals surface area contributed by atoms with Crippen molar-refractivity contribution in [2.24, 2.45) is 0 Å². The Morgan fingerprint density at radius 2 is 1.74 bits per heavy atom. The van der Waals surface area contributed by atoms with E-state index in [1.54, 1.807) is 55.6 Å². The predicted octanol–water partition coefficient (Wildman–Crippen LogP) is 4.68. The second-order valence-corrected chi connectivity index (χ2v) is 8.38. The van der Waals surface area contributed by atoms with Crippen molar-refractivity contribution in [3.63, 3.8) is 0 Å². The highest BCUT2D eigenvalue weighted by Crippen LogP contribution is 2.28. The van der Waals surface area contributed by atoms with Gasteiger partial charge in [0.25, 0.3) is 5.56 Å². The number of methoxy groups -OCH3 is 1. The first-order valence-electron chi connectivity index (χ1n) is 11.8. The average Bonchev–Trinajstić information content (AvgIpc) is 3.37. The maximum absolute atomic E-state index is 12.8. The standard InChI is InChI=1S/C28H25N5O5/c1-37-18-10-12-19(13-11-18)38-28(36)32-22-9-5-8-21-25(22)33-26(31-21)24-20(14-15-29-27(24)35)30-16-23(34)17-6-3-2-4-7-17/h2-15,23,34H,16H2,1H3,(H,31,33)(H,32,36)(H2,29,30,35)/t23-/m0/s1. The number of nitrogens with zero attached hydrogens (tertiary/aromatic N) is 1. The fourth-order valence-electron chi connectivity index (χ4n) is 4.00. The van der Waals surface area contributed by atoms with Crippen LogP contribution in [0.1, 0.15) is 11.7 Å². The molecule has 0 unspecified atom stereocenters. The number of anilines is 2. The Bertz CT molecular complexity index is 1610. The first kappa shape index (κ1) is 24.6. The molecule has 192 valence electrons. The molecule has 5 rings (SSSR count). The molecule has 0 saturated carbocycles. The van der Waals surface area contributed by atoms with E-state index < -0.39 is 12.2 Å². The van der Waals surface area contributed by atoms with Crippen molar-refractivity contribution < 1.29 is 19.4 Å². The maximum Gasteiger partial charge on any atom is 0.417 e. The van der Waals surface area contributed by atoms with Crippen molar-refractivity contribution >= 4 is 28.5 Å². The predicted molar refractivity (Wildman–Crippen MR) is 145 cm³/mol. The second kappa shape index (κ2) is 10.9. The van der Waals surface area contributed by atoms with E-state index in [4.69, 9.17) is 9.47 Å². The van der Waals surface area contributed by atoms with E-state index in [2.05, 4.69) is 25.6 Å². The molecule has 0 bridgehead atoms. The van der Waals surface area contributed by atoms with Gasteiger partial charge in [0.2, 0.25) is 0 Å². The van der Waals surface area contributed by atoms with E-state index in [0.29, 0.717) is 39.7 Å². The normalized spacial score (nSPS) is 11.6. The van der Waals surface area contributed by atoms with E-state index in [0.717, 1.165) is 5.56 Å². The van der Waals surface area contributed by atoms with Crippen LogP contribution in [0.3, 0.4) is 0 Å². The van der Waals surface area contributed by atoms with Crippen molar-refractivity contribution in [2.75, 3.05) is 24.3 Å². The third kappa shape index (κ3) is 5.35. The molecule has 2 heterocycles. The summed E-state index contributed by atoms with van der Waals surface area (Å²) in [5.74, 6) is 1.30. The lowest BCUT2D eigenvalue weighted by Crippen LogP contribution is -2.17. The van der Waals surface area contributed by atoms with E-state index in [1.807, 2.05) is 30.3 Å². The number of nitrogens with one attached hydrogen (secondary N) is 4. The van der Waals surface area contributed by atoms with Gasteiger partial charge < -0.3 is 29.9 Å². The van der Waals surface area contributed by atoms with Gasteiger partial charge in [-0.3, -0.25) is 10.1 Å². The summed E-state index contributed by atoms with van der Waals surface area (Å²) < 4.78 is 10.5. The smallest absolute Gasteiger partial charge is 0.417 e. The second-order valence-electron chi connectivity index (χ2n) is 8.38. The van der Waals surface area contributed by atoms with Crippen LogP contribution in [0, 0.1) is 0 Å². The number of amides is 1. The van der Waals surface area contributed by atoms with Crippen LogP contribution in [0.2, 0.25) is 0 Å². The number of H-pyrrole nitrogens is 2. The number of carbonyl (C=O) groups excluding carboxylic acids is 1. The number of ether oxygens (including phenoxy) is 2. The minimum atomic E-state index is -0.772. The Balaban J connectivity index is 1.38. The molecule has 0 spiro atoms. The Morgan fingerprint density at radius 3 is 2.50 bits per heavy atom. The third-order valence-electron chi connectivity index (χ3n) is 5.89. The number of hydrogen-bond donors (Lipinski definition) is 5. The molecule has 2 aromatic heterocycles. The van der Waals surface area contributed by atoms with Gasteiger partial charge in [0.1, 0.15) is 22.9 Å². The molecule has 5 aromatic rings. The summed E-state index contributed by atoms with van der Waals surface area (Å²) in [6.07, 6.45) is 0.0635. The number of hydrogen-bond acceptors (Lipinski definition) is 7. The summed E-state index contributed by atoms with van der Waals surface area (Å²) in [4.78, 5) is 35.8. The molecule has 5 N–H and O–H groups in total. The van der Waals surface area contributed by atoms with Gasteiger partial charge in [0.15, 0.2) is 0 Å². The lowest BCUT2D eigenvalue weighted by atomic mass is 10.1. The summed E-state index contributed by atoms with van der Waals surface area (Å²) >= 11 is 0. The average molecular weight is 512 g/mol. The quantitative estimate of drug-likeness (QED) is 0.204. The Labute approximate surface area is 217 Å². The van der Waals surface area contributed by atoms with Gasteiger partial charge >= 0.3 is 6.09 Å². The number of rotatable bonds is 8. The van der Waals surface area contributed by atoms with E-state index in [9.17, 15) is 14.7 Å². The molecule has 0 aliphatic heterocycles. The molecular weight excluding hydrogens is 486 g/mol. The summed E-state index contributed by atoms with van der Waals surface area (Å²) in [7, 11) is 1.55. The van der Waals surface area contributed by atoms with Gasteiger partial charge in [-0.15, -0.1) is 0 Å². The highest BCUT2D eigenvalue weighted by Gasteiger charge is 2.18. The van der Waals surface area contributed by atoms with Gasteiger partial charge in [-0.1, -0.05) is 36.4 Å². The number of carbonyl (C=O) groups is 1. The summed E-state index contributed by atoms with van der Waals surface area (Å²) in [6.45, 7) is 0.185. The first-order valence-corrected chi connectivity index (χ1v) is 11.8. The number of pyridine rings is 1. The van der Waals surface area contributed by atoms with Crippen molar-refractivity contribution in [2.45, 2.75) is 6.10 Å². The van der Waals surface area contributed by atoms with Crippen molar-refractivity contribution in [3.8, 4) is 22.9 Å². The fourth-order valence-corrected chi connectivity index (χ4v) is 4.00. The fraction of sp³-hybridized carbons (Fsp3) is 0.107. The van der Waals surface area contributed by atoms with Gasteiger partial charge in [0.05, 0.1) is 35.6 Å². The van der Waals surface area contributed by atoms with Crippen LogP contribution in [0.4, 0.5) is 16.2 Å². The molecule has 0 saturated heterocycles. The molecule has 10 nitrogen and oxygen atoms in total.